The van der Waals surface area contributed by atoms with Crippen LogP contribution in [0.2, 0.25) is 0 Å². The van der Waals surface area contributed by atoms with E-state index in [-0.39, 0.29) is 0 Å². The van der Waals surface area contributed by atoms with Crippen molar-refractivity contribution in [2.45, 2.75) is 0 Å². The maximum absolute atomic E-state index is 2.54. The Balaban J connectivity index is 1.30. The van der Waals surface area contributed by atoms with Gasteiger partial charge in [0.2, 0.25) is 0 Å². The van der Waals surface area contributed by atoms with Gasteiger partial charge in [-0.05, 0) is 86.3 Å². The average Bonchev–Trinajstić information content (AvgIpc) is 3.64. The summed E-state index contributed by atoms with van der Waals surface area (Å²) in [5.74, 6) is 0. The van der Waals surface area contributed by atoms with E-state index in [0.29, 0.717) is 0 Å². The van der Waals surface area contributed by atoms with E-state index in [4.69, 9.17) is 0 Å². The van der Waals surface area contributed by atoms with Gasteiger partial charge in [-0.2, -0.15) is 0 Å². The van der Waals surface area contributed by atoms with Crippen LogP contribution in [0.5, 0.6) is 0 Å². The van der Waals surface area contributed by atoms with Crippen molar-refractivity contribution >= 4 is 60.4 Å². The topological polar surface area (TPSA) is 8.17 Å². The number of aromatic nitrogens is 1. The predicted octanol–water partition coefficient (Wildman–Crippen LogP) is 15.6. The van der Waals surface area contributed by atoms with Crippen LogP contribution in [0, 0.1) is 0 Å². The fourth-order valence-corrected chi connectivity index (χ4v) is 9.01. The number of rotatable bonds is 7. The summed E-state index contributed by atoms with van der Waals surface area (Å²) < 4.78 is 2.41. The van der Waals surface area contributed by atoms with Gasteiger partial charge in [-0.25, -0.2) is 0 Å². The Labute approximate surface area is 338 Å². The molecule has 2 nitrogen and oxygen atoms in total. The van der Waals surface area contributed by atoms with E-state index in [1.807, 2.05) is 0 Å². The molecule has 0 aliphatic rings. The molecule has 0 saturated carbocycles. The van der Waals surface area contributed by atoms with Crippen molar-refractivity contribution < 1.29 is 0 Å². The Morgan fingerprint density at radius 2 is 0.828 bits per heavy atom. The van der Waals surface area contributed by atoms with Gasteiger partial charge in [-0.15, -0.1) is 0 Å². The van der Waals surface area contributed by atoms with Crippen molar-refractivity contribution in [1.29, 1.82) is 0 Å². The molecule has 0 fully saturated rings. The molecular formula is C56H38N2. The monoisotopic (exact) mass is 738 g/mol. The Kier molecular flexibility index (Phi) is 8.19. The normalized spacial score (nSPS) is 11.4. The van der Waals surface area contributed by atoms with Gasteiger partial charge in [0.15, 0.2) is 0 Å². The van der Waals surface area contributed by atoms with Gasteiger partial charge in [-0.3, -0.25) is 0 Å². The van der Waals surface area contributed by atoms with Gasteiger partial charge >= 0.3 is 0 Å². The van der Waals surface area contributed by atoms with Gasteiger partial charge in [-0.1, -0.05) is 188 Å². The van der Waals surface area contributed by atoms with E-state index in [0.717, 1.165) is 45.0 Å². The Bertz CT molecular complexity index is 3280. The number of anilines is 3. The quantitative estimate of drug-likeness (QED) is 0.158. The lowest BCUT2D eigenvalue weighted by molar-refractivity contribution is 1.18. The Hall–Kier alpha value is -7.68. The molecule has 11 rings (SSSR count). The van der Waals surface area contributed by atoms with Crippen LogP contribution in [0.25, 0.3) is 82.4 Å². The number of nitrogens with zero attached hydrogens (tertiary/aromatic N) is 2. The van der Waals surface area contributed by atoms with Crippen LogP contribution in [0.1, 0.15) is 0 Å². The van der Waals surface area contributed by atoms with Gasteiger partial charge in [0.05, 0.1) is 28.1 Å². The number of benzene rings is 10. The maximum atomic E-state index is 2.54. The van der Waals surface area contributed by atoms with Crippen molar-refractivity contribution in [1.82, 2.24) is 4.57 Å². The maximum Gasteiger partial charge on any atom is 0.0562 e. The average molecular weight is 739 g/mol. The minimum atomic E-state index is 1.11. The van der Waals surface area contributed by atoms with Crippen molar-refractivity contribution in [2.75, 3.05) is 4.90 Å². The summed E-state index contributed by atoms with van der Waals surface area (Å²) in [6.45, 7) is 0. The molecule has 0 saturated heterocycles. The summed E-state index contributed by atoms with van der Waals surface area (Å²) in [5, 5.41) is 7.30. The molecule has 2 heteroatoms. The zero-order valence-corrected chi connectivity index (χ0v) is 31.8. The number of para-hydroxylation sites is 3. The van der Waals surface area contributed by atoms with Gasteiger partial charge in [0.1, 0.15) is 0 Å². The Morgan fingerprint density at radius 3 is 1.60 bits per heavy atom. The first-order chi connectivity index (χ1) is 28.8. The molecule has 272 valence electrons. The van der Waals surface area contributed by atoms with Crippen LogP contribution in [-0.4, -0.2) is 4.57 Å². The number of hydrogen-bond donors (Lipinski definition) is 0. The zero-order chi connectivity index (χ0) is 38.4. The van der Waals surface area contributed by atoms with Crippen LogP contribution >= 0.6 is 0 Å². The first-order valence-electron chi connectivity index (χ1n) is 19.9. The van der Waals surface area contributed by atoms with Crippen LogP contribution in [-0.2, 0) is 0 Å². The van der Waals surface area contributed by atoms with Crippen molar-refractivity contribution in [3.63, 3.8) is 0 Å². The highest BCUT2D eigenvalue weighted by Gasteiger charge is 2.26. The van der Waals surface area contributed by atoms with E-state index >= 15 is 0 Å². The summed E-state index contributed by atoms with van der Waals surface area (Å²) >= 11 is 0. The summed E-state index contributed by atoms with van der Waals surface area (Å²) in [7, 11) is 0. The number of hydrogen-bond acceptors (Lipinski definition) is 1. The molecule has 0 N–H and O–H groups in total. The Morgan fingerprint density at radius 1 is 0.293 bits per heavy atom. The minimum Gasteiger partial charge on any atom is -0.309 e. The first-order valence-corrected chi connectivity index (χ1v) is 19.9. The van der Waals surface area contributed by atoms with Crippen molar-refractivity contribution in [3.8, 4) is 39.1 Å². The molecule has 58 heavy (non-hydrogen) atoms. The molecular weight excluding hydrogens is 701 g/mol. The predicted molar refractivity (Wildman–Crippen MR) is 247 cm³/mol. The summed E-state index contributed by atoms with van der Waals surface area (Å²) in [6, 6.07) is 83.9. The SMILES string of the molecule is c1ccc(-c2ccccc2N(c2cc(-c3cccc4ccccc34)ccc2-c2cccc3ccccc23)c2cccc3c2c2ccccc2n3-c2ccccc2)cc1. The third-order valence-corrected chi connectivity index (χ3v) is 11.6. The van der Waals surface area contributed by atoms with E-state index in [1.54, 1.807) is 0 Å². The molecule has 0 bridgehead atoms. The third kappa shape index (κ3) is 5.57. The molecule has 0 amide bonds. The first kappa shape index (κ1) is 33.6. The molecule has 1 aromatic heterocycles. The largest absolute Gasteiger partial charge is 0.309 e. The van der Waals surface area contributed by atoms with Gasteiger partial charge in [0.25, 0.3) is 0 Å². The standard InChI is InChI=1S/C56H38N2/c1-3-18-41(19-4-1)47-28-11-13-32-51(47)58(54-35-17-34-53-56(54)50-29-12-14-33-52(50)57(53)43-24-5-2-6-25-43)55-38-42(46-30-15-22-39-20-7-9-26-44(39)46)36-37-49(55)48-31-16-23-40-21-8-10-27-45(40)48/h1-38H. The van der Waals surface area contributed by atoms with Crippen LogP contribution < -0.4 is 4.90 Å². The van der Waals surface area contributed by atoms with Crippen LogP contribution in [0.4, 0.5) is 17.1 Å². The van der Waals surface area contributed by atoms with Gasteiger partial charge in [0, 0.05) is 27.6 Å². The molecule has 0 unspecified atom stereocenters. The smallest absolute Gasteiger partial charge is 0.0562 e. The second-order valence-electron chi connectivity index (χ2n) is 14.9. The molecule has 10 aromatic carbocycles. The highest BCUT2D eigenvalue weighted by Crippen LogP contribution is 2.50. The molecule has 0 aliphatic heterocycles. The fraction of sp³-hybridized carbons (Fsp3) is 0. The van der Waals surface area contributed by atoms with Crippen molar-refractivity contribution in [2.24, 2.45) is 0 Å². The minimum absolute atomic E-state index is 1.11. The van der Waals surface area contributed by atoms with E-state index < -0.39 is 0 Å². The number of fused-ring (bicyclic) bond motifs is 5. The second-order valence-corrected chi connectivity index (χ2v) is 14.9. The molecule has 0 atom stereocenters. The lowest BCUT2D eigenvalue weighted by Crippen LogP contribution is -2.13. The second kappa shape index (κ2) is 14.1. The van der Waals surface area contributed by atoms with Crippen molar-refractivity contribution in [3.05, 3.63) is 231 Å². The van der Waals surface area contributed by atoms with E-state index in [9.17, 15) is 0 Å². The van der Waals surface area contributed by atoms with Gasteiger partial charge < -0.3 is 9.47 Å². The van der Waals surface area contributed by atoms with E-state index in [2.05, 4.69) is 240 Å². The lowest BCUT2D eigenvalue weighted by atomic mass is 9.91. The molecule has 0 radical (unpaired) electrons. The highest BCUT2D eigenvalue weighted by molar-refractivity contribution is 6.18. The molecule has 1 heterocycles. The summed E-state index contributed by atoms with van der Waals surface area (Å²) in [4.78, 5) is 2.54. The van der Waals surface area contributed by atoms with Crippen LogP contribution in [0.3, 0.4) is 0 Å². The zero-order valence-electron chi connectivity index (χ0n) is 31.8. The third-order valence-electron chi connectivity index (χ3n) is 11.6. The fourth-order valence-electron chi connectivity index (χ4n) is 9.01. The molecule has 0 aliphatic carbocycles. The molecule has 11 aromatic rings. The summed E-state index contributed by atoms with van der Waals surface area (Å²) in [5.41, 5.74) is 13.8. The van der Waals surface area contributed by atoms with E-state index in [1.165, 1.54) is 54.5 Å². The lowest BCUT2D eigenvalue weighted by Gasteiger charge is -2.31. The summed E-state index contributed by atoms with van der Waals surface area (Å²) in [6.07, 6.45) is 0. The molecule has 0 spiro atoms. The highest BCUT2D eigenvalue weighted by atomic mass is 15.2. The van der Waals surface area contributed by atoms with Crippen LogP contribution in [0.15, 0.2) is 231 Å².